The molecule has 0 radical (unpaired) electrons. The predicted octanol–water partition coefficient (Wildman–Crippen LogP) is 4.09. The molecule has 0 fully saturated rings. The van der Waals surface area contributed by atoms with Gasteiger partial charge < -0.3 is 9.80 Å². The summed E-state index contributed by atoms with van der Waals surface area (Å²) in [4.78, 5) is 4.57. The Morgan fingerprint density at radius 3 is 2.20 bits per heavy atom. The van der Waals surface area contributed by atoms with Crippen LogP contribution in [-0.2, 0) is 13.1 Å². The minimum absolute atomic E-state index is 0.836. The second-order valence-corrected chi connectivity index (χ2v) is 5.42. The van der Waals surface area contributed by atoms with Gasteiger partial charge in [0.1, 0.15) is 0 Å². The first-order valence-electron chi connectivity index (χ1n) is 6.75. The molecule has 1 heterocycles. The molecule has 1 aliphatic heterocycles. The van der Waals surface area contributed by atoms with E-state index in [1.54, 1.807) is 0 Å². The van der Waals surface area contributed by atoms with Crippen molar-refractivity contribution in [2.45, 2.75) is 13.1 Å². The van der Waals surface area contributed by atoms with Gasteiger partial charge in [-0.2, -0.15) is 0 Å². The summed E-state index contributed by atoms with van der Waals surface area (Å²) in [6.07, 6.45) is 4.27. The SMILES string of the molecule is Clc1ccccc1CN1C=CN(Cc2ccccc2)C1. The van der Waals surface area contributed by atoms with Crippen LogP contribution >= 0.6 is 11.6 Å². The lowest BCUT2D eigenvalue weighted by molar-refractivity contribution is 0.255. The molecule has 0 spiro atoms. The third-order valence-electron chi connectivity index (χ3n) is 3.41. The van der Waals surface area contributed by atoms with Crippen LogP contribution in [0.25, 0.3) is 0 Å². The highest BCUT2D eigenvalue weighted by atomic mass is 35.5. The largest absolute Gasteiger partial charge is 0.354 e. The van der Waals surface area contributed by atoms with Gasteiger partial charge in [-0.05, 0) is 17.2 Å². The molecule has 1 aliphatic rings. The third-order valence-corrected chi connectivity index (χ3v) is 3.78. The van der Waals surface area contributed by atoms with Crippen molar-refractivity contribution in [2.24, 2.45) is 0 Å². The maximum absolute atomic E-state index is 6.20. The number of benzene rings is 2. The van der Waals surface area contributed by atoms with E-state index in [9.17, 15) is 0 Å². The monoisotopic (exact) mass is 284 g/mol. The van der Waals surface area contributed by atoms with Crippen molar-refractivity contribution in [3.63, 3.8) is 0 Å². The van der Waals surface area contributed by atoms with Crippen LogP contribution in [0.3, 0.4) is 0 Å². The van der Waals surface area contributed by atoms with E-state index in [-0.39, 0.29) is 0 Å². The van der Waals surface area contributed by atoms with Crippen molar-refractivity contribution < 1.29 is 0 Å². The molecule has 0 saturated carbocycles. The standard InChI is InChI=1S/C17H17ClN2/c18-17-9-5-4-8-16(17)13-20-11-10-19(14-20)12-15-6-2-1-3-7-15/h1-11H,12-14H2. The molecule has 0 atom stereocenters. The summed E-state index contributed by atoms with van der Waals surface area (Å²) in [7, 11) is 0. The highest BCUT2D eigenvalue weighted by molar-refractivity contribution is 6.31. The lowest BCUT2D eigenvalue weighted by atomic mass is 10.2. The Morgan fingerprint density at radius 2 is 1.45 bits per heavy atom. The molecular weight excluding hydrogens is 268 g/mol. The molecule has 0 aliphatic carbocycles. The van der Waals surface area contributed by atoms with Gasteiger partial charge in [-0.1, -0.05) is 60.1 Å². The van der Waals surface area contributed by atoms with Gasteiger partial charge >= 0.3 is 0 Å². The summed E-state index contributed by atoms with van der Waals surface area (Å²) in [5.74, 6) is 0. The highest BCUT2D eigenvalue weighted by Gasteiger charge is 2.13. The predicted molar refractivity (Wildman–Crippen MR) is 83.0 cm³/mol. The lowest BCUT2D eigenvalue weighted by Crippen LogP contribution is -2.24. The van der Waals surface area contributed by atoms with Crippen LogP contribution in [0.1, 0.15) is 11.1 Å². The van der Waals surface area contributed by atoms with E-state index in [1.165, 1.54) is 11.1 Å². The smallest absolute Gasteiger partial charge is 0.0900 e. The molecule has 2 nitrogen and oxygen atoms in total. The normalized spacial score (nSPS) is 14.1. The van der Waals surface area contributed by atoms with Crippen LogP contribution in [0.2, 0.25) is 5.02 Å². The van der Waals surface area contributed by atoms with Crippen LogP contribution < -0.4 is 0 Å². The van der Waals surface area contributed by atoms with Gasteiger partial charge in [-0.3, -0.25) is 0 Å². The minimum atomic E-state index is 0.836. The second kappa shape index (κ2) is 6.02. The van der Waals surface area contributed by atoms with Gasteiger partial charge in [-0.15, -0.1) is 0 Å². The number of rotatable bonds is 4. The summed E-state index contributed by atoms with van der Waals surface area (Å²) in [6, 6.07) is 18.5. The molecule has 0 aromatic heterocycles. The van der Waals surface area contributed by atoms with Crippen LogP contribution in [0.5, 0.6) is 0 Å². The molecule has 0 amide bonds. The molecule has 0 N–H and O–H groups in total. The van der Waals surface area contributed by atoms with Crippen LogP contribution in [-0.4, -0.2) is 16.5 Å². The quantitative estimate of drug-likeness (QED) is 0.834. The van der Waals surface area contributed by atoms with E-state index in [0.717, 1.165) is 24.8 Å². The fourth-order valence-corrected chi connectivity index (χ4v) is 2.58. The molecule has 2 aromatic rings. The first-order chi connectivity index (χ1) is 9.81. The Kier molecular flexibility index (Phi) is 3.93. The molecule has 102 valence electrons. The zero-order valence-electron chi connectivity index (χ0n) is 11.2. The van der Waals surface area contributed by atoms with E-state index in [2.05, 4.69) is 52.5 Å². The Labute approximate surface area is 124 Å². The van der Waals surface area contributed by atoms with Gasteiger partial charge in [0.25, 0.3) is 0 Å². The zero-order valence-corrected chi connectivity index (χ0v) is 12.0. The van der Waals surface area contributed by atoms with E-state index in [4.69, 9.17) is 11.6 Å². The molecule has 3 heteroatoms. The van der Waals surface area contributed by atoms with Gasteiger partial charge in [0, 0.05) is 30.5 Å². The van der Waals surface area contributed by atoms with E-state index >= 15 is 0 Å². The van der Waals surface area contributed by atoms with Crippen molar-refractivity contribution in [1.82, 2.24) is 9.80 Å². The number of hydrogen-bond donors (Lipinski definition) is 0. The Morgan fingerprint density at radius 1 is 0.800 bits per heavy atom. The first-order valence-corrected chi connectivity index (χ1v) is 7.13. The summed E-state index contributed by atoms with van der Waals surface area (Å²) >= 11 is 6.20. The lowest BCUT2D eigenvalue weighted by Gasteiger charge is -2.21. The molecular formula is C17H17ClN2. The van der Waals surface area contributed by atoms with Crippen LogP contribution in [0, 0.1) is 0 Å². The number of nitrogens with zero attached hydrogens (tertiary/aromatic N) is 2. The van der Waals surface area contributed by atoms with Crippen molar-refractivity contribution in [3.8, 4) is 0 Å². The fraction of sp³-hybridized carbons (Fsp3) is 0.176. The third kappa shape index (κ3) is 3.14. The zero-order chi connectivity index (χ0) is 13.8. The van der Waals surface area contributed by atoms with Crippen molar-refractivity contribution in [1.29, 1.82) is 0 Å². The summed E-state index contributed by atoms with van der Waals surface area (Å²) in [6.45, 7) is 2.69. The molecule has 2 aromatic carbocycles. The number of hydrogen-bond acceptors (Lipinski definition) is 2. The van der Waals surface area contributed by atoms with Crippen LogP contribution in [0.15, 0.2) is 67.0 Å². The van der Waals surface area contributed by atoms with Crippen molar-refractivity contribution in [3.05, 3.63) is 83.1 Å². The van der Waals surface area contributed by atoms with Gasteiger partial charge in [0.2, 0.25) is 0 Å². The van der Waals surface area contributed by atoms with Gasteiger partial charge in [0.15, 0.2) is 0 Å². The average molecular weight is 285 g/mol. The molecule has 0 unspecified atom stereocenters. The Hall–Kier alpha value is -1.93. The van der Waals surface area contributed by atoms with Crippen molar-refractivity contribution >= 4 is 11.6 Å². The fourth-order valence-electron chi connectivity index (χ4n) is 2.38. The molecule has 0 saturated heterocycles. The maximum atomic E-state index is 6.20. The van der Waals surface area contributed by atoms with E-state index < -0.39 is 0 Å². The molecule has 3 rings (SSSR count). The van der Waals surface area contributed by atoms with Gasteiger partial charge in [-0.25, -0.2) is 0 Å². The van der Waals surface area contributed by atoms with Crippen molar-refractivity contribution in [2.75, 3.05) is 6.67 Å². The number of halogens is 1. The molecule has 20 heavy (non-hydrogen) atoms. The molecule has 0 bridgehead atoms. The highest BCUT2D eigenvalue weighted by Crippen LogP contribution is 2.20. The van der Waals surface area contributed by atoms with E-state index in [1.807, 2.05) is 24.3 Å². The topological polar surface area (TPSA) is 6.48 Å². The maximum Gasteiger partial charge on any atom is 0.0900 e. The Balaban J connectivity index is 1.58. The second-order valence-electron chi connectivity index (χ2n) is 5.01. The summed E-state index contributed by atoms with van der Waals surface area (Å²) in [5.41, 5.74) is 2.50. The van der Waals surface area contributed by atoms with Gasteiger partial charge in [0.05, 0.1) is 6.67 Å². The average Bonchev–Trinajstić information content (AvgIpc) is 2.90. The minimum Gasteiger partial charge on any atom is -0.354 e. The summed E-state index contributed by atoms with van der Waals surface area (Å²) in [5, 5.41) is 0.836. The first kappa shape index (κ1) is 13.1. The van der Waals surface area contributed by atoms with E-state index in [0.29, 0.717) is 0 Å². The summed E-state index contributed by atoms with van der Waals surface area (Å²) < 4.78 is 0. The van der Waals surface area contributed by atoms with Crippen LogP contribution in [0.4, 0.5) is 0 Å². The Bertz CT molecular complexity index is 595.